The summed E-state index contributed by atoms with van der Waals surface area (Å²) in [4.78, 5) is 9.02. The first-order valence-electron chi connectivity index (χ1n) is 5.26. The Labute approximate surface area is 118 Å². The Morgan fingerprint density at radius 1 is 0.824 bits per heavy atom. The van der Waals surface area contributed by atoms with Crippen LogP contribution in [0.15, 0.2) is 45.6 Å². The normalized spacial score (nSPS) is 11.5. The van der Waals surface area contributed by atoms with Crippen molar-refractivity contribution < 1.29 is 0 Å². The van der Waals surface area contributed by atoms with Gasteiger partial charge in [0.1, 0.15) is 9.21 Å². The topological polar surface area (TPSA) is 25.8 Å². The molecule has 0 aliphatic carbocycles. The molecule has 88 valence electrons. The van der Waals surface area contributed by atoms with Crippen molar-refractivity contribution >= 4 is 31.9 Å². The molecule has 2 aromatic rings. The molecular formula is C13H12Br2N2. The lowest BCUT2D eigenvalue weighted by Gasteiger charge is -2.23. The van der Waals surface area contributed by atoms with Crippen molar-refractivity contribution in [3.63, 3.8) is 0 Å². The third-order valence-corrected chi connectivity index (χ3v) is 3.59. The highest BCUT2D eigenvalue weighted by atomic mass is 79.9. The van der Waals surface area contributed by atoms with E-state index in [0.717, 1.165) is 20.6 Å². The summed E-state index contributed by atoms with van der Waals surface area (Å²) in [5, 5.41) is 0. The number of hydrogen-bond donors (Lipinski definition) is 0. The molecule has 0 saturated heterocycles. The van der Waals surface area contributed by atoms with Crippen molar-refractivity contribution in [3.8, 4) is 0 Å². The highest BCUT2D eigenvalue weighted by Crippen LogP contribution is 2.30. The lowest BCUT2D eigenvalue weighted by Crippen LogP contribution is -2.22. The summed E-state index contributed by atoms with van der Waals surface area (Å²) in [5.74, 6) is 0. The lowest BCUT2D eigenvalue weighted by molar-refractivity contribution is 0.592. The molecular weight excluding hydrogens is 344 g/mol. The van der Waals surface area contributed by atoms with Crippen LogP contribution in [0.2, 0.25) is 0 Å². The Morgan fingerprint density at radius 2 is 1.24 bits per heavy atom. The number of rotatable bonds is 2. The molecule has 0 atom stereocenters. The second-order valence-corrected chi connectivity index (χ2v) is 5.94. The number of pyridine rings is 2. The molecule has 0 unspecified atom stereocenters. The van der Waals surface area contributed by atoms with Crippen LogP contribution in [0.25, 0.3) is 0 Å². The van der Waals surface area contributed by atoms with Gasteiger partial charge in [-0.25, -0.2) is 9.97 Å². The first-order chi connectivity index (χ1) is 8.00. The van der Waals surface area contributed by atoms with Crippen LogP contribution in [-0.2, 0) is 5.41 Å². The van der Waals surface area contributed by atoms with E-state index in [9.17, 15) is 0 Å². The van der Waals surface area contributed by atoms with E-state index in [1.54, 1.807) is 0 Å². The zero-order chi connectivity index (χ0) is 12.5. The fourth-order valence-corrected chi connectivity index (χ4v) is 2.33. The van der Waals surface area contributed by atoms with Crippen LogP contribution >= 0.6 is 31.9 Å². The first kappa shape index (κ1) is 12.7. The fraction of sp³-hybridized carbons (Fsp3) is 0.231. The molecule has 4 heteroatoms. The van der Waals surface area contributed by atoms with Crippen molar-refractivity contribution in [2.75, 3.05) is 0 Å². The number of aromatic nitrogens is 2. The maximum atomic E-state index is 4.51. The van der Waals surface area contributed by atoms with Gasteiger partial charge in [0.2, 0.25) is 0 Å². The largest absolute Gasteiger partial charge is 0.245 e. The SMILES string of the molecule is CC(C)(c1cccc(Br)n1)c1cccc(Br)n1. The van der Waals surface area contributed by atoms with Gasteiger partial charge < -0.3 is 0 Å². The number of halogens is 2. The molecule has 2 aromatic heterocycles. The Bertz CT molecular complexity index is 491. The predicted molar refractivity (Wildman–Crippen MR) is 76.0 cm³/mol. The molecule has 2 heterocycles. The van der Waals surface area contributed by atoms with Gasteiger partial charge in [-0.1, -0.05) is 12.1 Å². The van der Waals surface area contributed by atoms with Crippen molar-refractivity contribution in [1.82, 2.24) is 9.97 Å². The van der Waals surface area contributed by atoms with Crippen LogP contribution < -0.4 is 0 Å². The van der Waals surface area contributed by atoms with Gasteiger partial charge in [0.15, 0.2) is 0 Å². The van der Waals surface area contributed by atoms with Crippen LogP contribution in [0.3, 0.4) is 0 Å². The van der Waals surface area contributed by atoms with Gasteiger partial charge >= 0.3 is 0 Å². The van der Waals surface area contributed by atoms with E-state index in [4.69, 9.17) is 0 Å². The van der Waals surface area contributed by atoms with E-state index in [1.165, 1.54) is 0 Å². The van der Waals surface area contributed by atoms with Crippen molar-refractivity contribution in [2.45, 2.75) is 19.3 Å². The molecule has 0 bridgehead atoms. The summed E-state index contributed by atoms with van der Waals surface area (Å²) >= 11 is 6.80. The van der Waals surface area contributed by atoms with Gasteiger partial charge in [-0.05, 0) is 70.0 Å². The maximum Gasteiger partial charge on any atom is 0.106 e. The molecule has 0 aliphatic rings. The quantitative estimate of drug-likeness (QED) is 0.749. The summed E-state index contributed by atoms with van der Waals surface area (Å²) in [6.45, 7) is 4.24. The Morgan fingerprint density at radius 3 is 1.59 bits per heavy atom. The molecule has 17 heavy (non-hydrogen) atoms. The molecule has 0 fully saturated rings. The summed E-state index contributed by atoms with van der Waals surface area (Å²) in [6.07, 6.45) is 0. The van der Waals surface area contributed by atoms with E-state index in [2.05, 4.69) is 55.7 Å². The summed E-state index contributed by atoms with van der Waals surface area (Å²) < 4.78 is 1.69. The molecule has 0 spiro atoms. The average molecular weight is 356 g/mol. The third kappa shape index (κ3) is 2.75. The van der Waals surface area contributed by atoms with E-state index in [-0.39, 0.29) is 5.41 Å². The highest BCUT2D eigenvalue weighted by molar-refractivity contribution is 9.10. The number of hydrogen-bond acceptors (Lipinski definition) is 2. The smallest absolute Gasteiger partial charge is 0.106 e. The zero-order valence-electron chi connectivity index (χ0n) is 9.61. The molecule has 0 saturated carbocycles. The van der Waals surface area contributed by atoms with Crippen molar-refractivity contribution in [3.05, 3.63) is 57.0 Å². The van der Waals surface area contributed by atoms with Crippen molar-refractivity contribution in [2.24, 2.45) is 0 Å². The van der Waals surface area contributed by atoms with Crippen molar-refractivity contribution in [1.29, 1.82) is 0 Å². The van der Waals surface area contributed by atoms with Crippen LogP contribution in [0.4, 0.5) is 0 Å². The van der Waals surface area contributed by atoms with Gasteiger partial charge in [-0.3, -0.25) is 0 Å². The minimum atomic E-state index is -0.215. The van der Waals surface area contributed by atoms with E-state index in [1.807, 2.05) is 36.4 Å². The number of nitrogens with zero attached hydrogens (tertiary/aromatic N) is 2. The van der Waals surface area contributed by atoms with E-state index >= 15 is 0 Å². The molecule has 0 N–H and O–H groups in total. The van der Waals surface area contributed by atoms with Gasteiger partial charge in [-0.15, -0.1) is 0 Å². The van der Waals surface area contributed by atoms with Gasteiger partial charge in [0.25, 0.3) is 0 Å². The van der Waals surface area contributed by atoms with Crippen LogP contribution in [0.5, 0.6) is 0 Å². The second-order valence-electron chi connectivity index (χ2n) is 4.32. The molecule has 2 nitrogen and oxygen atoms in total. The van der Waals surface area contributed by atoms with Crippen LogP contribution in [-0.4, -0.2) is 9.97 Å². The van der Waals surface area contributed by atoms with Gasteiger partial charge in [0, 0.05) is 5.41 Å². The van der Waals surface area contributed by atoms with Gasteiger partial charge in [0.05, 0.1) is 11.4 Å². The summed E-state index contributed by atoms with van der Waals surface area (Å²) in [5.41, 5.74) is 1.78. The molecule has 0 aliphatic heterocycles. The molecule has 2 rings (SSSR count). The van der Waals surface area contributed by atoms with Gasteiger partial charge in [-0.2, -0.15) is 0 Å². The predicted octanol–water partition coefficient (Wildman–Crippen LogP) is 4.33. The fourth-order valence-electron chi connectivity index (χ4n) is 1.64. The first-order valence-corrected chi connectivity index (χ1v) is 6.85. The van der Waals surface area contributed by atoms with Crippen LogP contribution in [0.1, 0.15) is 25.2 Å². The summed E-state index contributed by atoms with van der Waals surface area (Å²) in [7, 11) is 0. The molecule has 0 aromatic carbocycles. The monoisotopic (exact) mass is 354 g/mol. The van der Waals surface area contributed by atoms with E-state index < -0.39 is 0 Å². The van der Waals surface area contributed by atoms with Crippen LogP contribution in [0, 0.1) is 0 Å². The standard InChI is InChI=1S/C13H12Br2N2/c1-13(2,9-5-3-7-11(14)16-9)10-6-4-8-12(15)17-10/h3-8H,1-2H3. The maximum absolute atomic E-state index is 4.51. The minimum absolute atomic E-state index is 0.215. The Hall–Kier alpha value is -0.740. The average Bonchev–Trinajstić information content (AvgIpc) is 2.29. The zero-order valence-corrected chi connectivity index (χ0v) is 12.8. The Kier molecular flexibility index (Phi) is 3.64. The highest BCUT2D eigenvalue weighted by Gasteiger charge is 2.26. The minimum Gasteiger partial charge on any atom is -0.245 e. The third-order valence-electron chi connectivity index (χ3n) is 2.71. The second kappa shape index (κ2) is 4.86. The Balaban J connectivity index is 2.49. The summed E-state index contributed by atoms with van der Waals surface area (Å²) in [6, 6.07) is 11.9. The lowest BCUT2D eigenvalue weighted by atomic mass is 9.85. The molecule has 0 amide bonds. The molecule has 0 radical (unpaired) electrons. The van der Waals surface area contributed by atoms with E-state index in [0.29, 0.717) is 0 Å².